The zero-order valence-electron chi connectivity index (χ0n) is 13.6. The number of ether oxygens (including phenoxy) is 1. The standard InChI is InChI=1S/C19H27NO2/c1-2-3-6-15-9-11-16(12-10-15)19(21)20-13-14-22-18-8-5-4-7-17(18)20/h4-5,7-8,15-16H,2-3,6,9-14H2,1H3. The van der Waals surface area contributed by atoms with E-state index in [1.165, 1.54) is 32.1 Å². The fourth-order valence-electron chi connectivity index (χ4n) is 3.81. The molecule has 0 bridgehead atoms. The van der Waals surface area contributed by atoms with E-state index in [0.29, 0.717) is 19.1 Å². The Kier molecular flexibility index (Phi) is 5.01. The molecule has 22 heavy (non-hydrogen) atoms. The van der Waals surface area contributed by atoms with Crippen molar-refractivity contribution in [1.82, 2.24) is 0 Å². The van der Waals surface area contributed by atoms with E-state index in [1.54, 1.807) is 0 Å². The van der Waals surface area contributed by atoms with Crippen LogP contribution in [0, 0.1) is 11.8 Å². The SMILES string of the molecule is CCCCC1CCC(C(=O)N2CCOc3ccccc32)CC1. The van der Waals surface area contributed by atoms with Gasteiger partial charge in [0.2, 0.25) is 5.91 Å². The summed E-state index contributed by atoms with van der Waals surface area (Å²) in [5.41, 5.74) is 0.951. The highest BCUT2D eigenvalue weighted by Gasteiger charge is 2.32. The van der Waals surface area contributed by atoms with Gasteiger partial charge in [-0.05, 0) is 43.7 Å². The van der Waals surface area contributed by atoms with Crippen LogP contribution in [0.5, 0.6) is 5.75 Å². The van der Waals surface area contributed by atoms with Crippen molar-refractivity contribution in [3.05, 3.63) is 24.3 Å². The van der Waals surface area contributed by atoms with E-state index in [4.69, 9.17) is 4.74 Å². The Labute approximate surface area is 133 Å². The van der Waals surface area contributed by atoms with Crippen LogP contribution in [0.15, 0.2) is 24.3 Å². The van der Waals surface area contributed by atoms with Gasteiger partial charge in [-0.25, -0.2) is 0 Å². The second kappa shape index (κ2) is 7.17. The van der Waals surface area contributed by atoms with Crippen molar-refractivity contribution in [2.45, 2.75) is 51.9 Å². The van der Waals surface area contributed by atoms with Crippen LogP contribution in [0.1, 0.15) is 51.9 Å². The molecule has 2 aliphatic rings. The summed E-state index contributed by atoms with van der Waals surface area (Å²) in [6, 6.07) is 7.90. The summed E-state index contributed by atoms with van der Waals surface area (Å²) < 4.78 is 5.66. The van der Waals surface area contributed by atoms with E-state index < -0.39 is 0 Å². The van der Waals surface area contributed by atoms with Gasteiger partial charge in [-0.1, -0.05) is 38.3 Å². The summed E-state index contributed by atoms with van der Waals surface area (Å²) in [5.74, 6) is 2.22. The third kappa shape index (κ3) is 3.29. The molecule has 1 fully saturated rings. The third-order valence-corrected chi connectivity index (χ3v) is 5.16. The van der Waals surface area contributed by atoms with Gasteiger partial charge in [0.15, 0.2) is 0 Å². The summed E-state index contributed by atoms with van der Waals surface area (Å²) in [7, 11) is 0. The van der Waals surface area contributed by atoms with E-state index in [2.05, 4.69) is 6.92 Å². The average Bonchev–Trinajstić information content (AvgIpc) is 2.59. The normalized spacial score (nSPS) is 24.5. The molecule has 1 heterocycles. The summed E-state index contributed by atoms with van der Waals surface area (Å²) in [4.78, 5) is 14.9. The highest BCUT2D eigenvalue weighted by molar-refractivity contribution is 5.96. The Hall–Kier alpha value is -1.51. The number of fused-ring (bicyclic) bond motifs is 1. The first-order valence-electron chi connectivity index (χ1n) is 8.82. The van der Waals surface area contributed by atoms with Gasteiger partial charge in [-0.15, -0.1) is 0 Å². The first-order valence-corrected chi connectivity index (χ1v) is 8.82. The Morgan fingerprint density at radius 2 is 2.00 bits per heavy atom. The molecule has 3 nitrogen and oxygen atoms in total. The predicted octanol–water partition coefficient (Wildman–Crippen LogP) is 4.41. The van der Waals surface area contributed by atoms with Crippen LogP contribution in [0.2, 0.25) is 0 Å². The Morgan fingerprint density at radius 1 is 1.23 bits per heavy atom. The Morgan fingerprint density at radius 3 is 2.77 bits per heavy atom. The molecule has 3 rings (SSSR count). The summed E-state index contributed by atoms with van der Waals surface area (Å²) >= 11 is 0. The summed E-state index contributed by atoms with van der Waals surface area (Å²) in [5, 5.41) is 0. The molecular weight excluding hydrogens is 274 g/mol. The summed E-state index contributed by atoms with van der Waals surface area (Å²) in [6.45, 7) is 3.55. The van der Waals surface area contributed by atoms with E-state index in [9.17, 15) is 4.79 Å². The smallest absolute Gasteiger partial charge is 0.230 e. The number of para-hydroxylation sites is 2. The molecule has 3 heteroatoms. The van der Waals surface area contributed by atoms with Gasteiger partial charge in [0, 0.05) is 5.92 Å². The molecule has 0 radical (unpaired) electrons. The maximum absolute atomic E-state index is 12.9. The number of carbonyl (C=O) groups is 1. The van der Waals surface area contributed by atoms with Crippen LogP contribution >= 0.6 is 0 Å². The Balaban J connectivity index is 1.61. The molecule has 0 aromatic heterocycles. The van der Waals surface area contributed by atoms with Crippen molar-refractivity contribution >= 4 is 11.6 Å². The van der Waals surface area contributed by atoms with Crippen molar-refractivity contribution in [2.75, 3.05) is 18.1 Å². The van der Waals surface area contributed by atoms with Gasteiger partial charge in [-0.2, -0.15) is 0 Å². The lowest BCUT2D eigenvalue weighted by Crippen LogP contribution is -2.42. The number of rotatable bonds is 4. The van der Waals surface area contributed by atoms with E-state index in [1.807, 2.05) is 29.2 Å². The fourth-order valence-corrected chi connectivity index (χ4v) is 3.81. The monoisotopic (exact) mass is 301 g/mol. The maximum Gasteiger partial charge on any atom is 0.230 e. The van der Waals surface area contributed by atoms with Gasteiger partial charge >= 0.3 is 0 Å². The van der Waals surface area contributed by atoms with Crippen LogP contribution in [-0.2, 0) is 4.79 Å². The van der Waals surface area contributed by atoms with Crippen LogP contribution in [0.25, 0.3) is 0 Å². The predicted molar refractivity (Wildman–Crippen MR) is 89.3 cm³/mol. The number of anilines is 1. The molecular formula is C19H27NO2. The van der Waals surface area contributed by atoms with Crippen LogP contribution in [-0.4, -0.2) is 19.1 Å². The van der Waals surface area contributed by atoms with E-state index in [0.717, 1.165) is 30.2 Å². The molecule has 0 atom stereocenters. The molecule has 0 saturated heterocycles. The number of unbranched alkanes of at least 4 members (excludes halogenated alkanes) is 1. The maximum atomic E-state index is 12.9. The lowest BCUT2D eigenvalue weighted by Gasteiger charge is -2.35. The molecule has 120 valence electrons. The number of benzene rings is 1. The minimum atomic E-state index is 0.212. The third-order valence-electron chi connectivity index (χ3n) is 5.16. The van der Waals surface area contributed by atoms with Crippen molar-refractivity contribution in [3.63, 3.8) is 0 Å². The molecule has 1 aromatic carbocycles. The fraction of sp³-hybridized carbons (Fsp3) is 0.632. The van der Waals surface area contributed by atoms with Crippen molar-refractivity contribution in [3.8, 4) is 5.75 Å². The molecule has 0 unspecified atom stereocenters. The second-order valence-corrected chi connectivity index (χ2v) is 6.67. The van der Waals surface area contributed by atoms with E-state index >= 15 is 0 Å². The highest BCUT2D eigenvalue weighted by atomic mass is 16.5. The zero-order valence-corrected chi connectivity index (χ0v) is 13.6. The number of hydrogen-bond acceptors (Lipinski definition) is 2. The quantitative estimate of drug-likeness (QED) is 0.824. The molecule has 1 aliphatic carbocycles. The van der Waals surface area contributed by atoms with Crippen LogP contribution in [0.3, 0.4) is 0 Å². The van der Waals surface area contributed by atoms with Gasteiger partial charge < -0.3 is 9.64 Å². The van der Waals surface area contributed by atoms with Gasteiger partial charge in [-0.3, -0.25) is 4.79 Å². The minimum Gasteiger partial charge on any atom is -0.490 e. The molecule has 1 saturated carbocycles. The van der Waals surface area contributed by atoms with Gasteiger partial charge in [0.1, 0.15) is 12.4 Å². The zero-order chi connectivity index (χ0) is 15.4. The van der Waals surface area contributed by atoms with Gasteiger partial charge in [0.25, 0.3) is 0 Å². The van der Waals surface area contributed by atoms with Crippen molar-refractivity contribution in [1.29, 1.82) is 0 Å². The molecule has 0 spiro atoms. The van der Waals surface area contributed by atoms with Crippen LogP contribution < -0.4 is 9.64 Å². The van der Waals surface area contributed by atoms with Gasteiger partial charge in [0.05, 0.1) is 12.2 Å². The highest BCUT2D eigenvalue weighted by Crippen LogP contribution is 2.36. The number of carbonyl (C=O) groups excluding carboxylic acids is 1. The first-order chi connectivity index (χ1) is 10.8. The lowest BCUT2D eigenvalue weighted by atomic mass is 9.79. The molecule has 0 N–H and O–H groups in total. The second-order valence-electron chi connectivity index (χ2n) is 6.67. The molecule has 1 aromatic rings. The topological polar surface area (TPSA) is 29.5 Å². The van der Waals surface area contributed by atoms with Crippen LogP contribution in [0.4, 0.5) is 5.69 Å². The number of amides is 1. The van der Waals surface area contributed by atoms with E-state index in [-0.39, 0.29) is 5.92 Å². The lowest BCUT2D eigenvalue weighted by molar-refractivity contribution is -0.123. The molecule has 1 aliphatic heterocycles. The minimum absolute atomic E-state index is 0.212. The Bertz CT molecular complexity index is 506. The van der Waals surface area contributed by atoms with Crippen molar-refractivity contribution in [2.24, 2.45) is 11.8 Å². The molecule has 1 amide bonds. The number of nitrogens with zero attached hydrogens (tertiary/aromatic N) is 1. The largest absolute Gasteiger partial charge is 0.490 e. The first kappa shape index (κ1) is 15.4. The number of hydrogen-bond donors (Lipinski definition) is 0. The average molecular weight is 301 g/mol. The van der Waals surface area contributed by atoms with Crippen molar-refractivity contribution < 1.29 is 9.53 Å². The summed E-state index contributed by atoms with van der Waals surface area (Å²) in [6.07, 6.45) is 8.53.